The van der Waals surface area contributed by atoms with Crippen molar-refractivity contribution in [3.8, 4) is 0 Å². The topological polar surface area (TPSA) is 66.3 Å². The fourth-order valence-electron chi connectivity index (χ4n) is 1.60. The molecule has 0 fully saturated rings. The van der Waals surface area contributed by atoms with Crippen LogP contribution in [0.4, 0.5) is 0 Å². The Morgan fingerprint density at radius 2 is 2.10 bits per heavy atom. The predicted octanol–water partition coefficient (Wildman–Crippen LogP) is 1.90. The smallest absolute Gasteiger partial charge is 0.269 e. The van der Waals surface area contributed by atoms with Crippen molar-refractivity contribution in [2.45, 2.75) is 13.5 Å². The Hall–Kier alpha value is -2.34. The highest BCUT2D eigenvalue weighted by molar-refractivity contribution is 7.80. The monoisotopic (exact) mass is 289 g/mol. The molecule has 0 aliphatic heterocycles. The van der Waals surface area contributed by atoms with E-state index in [1.165, 1.54) is 0 Å². The van der Waals surface area contributed by atoms with Crippen LogP contribution in [0.15, 0.2) is 47.1 Å². The van der Waals surface area contributed by atoms with Crippen LogP contribution in [-0.4, -0.2) is 11.0 Å². The number of hydrogen-bond donors (Lipinski definition) is 3. The molecular formula is C14H15N3O2S. The molecule has 2 aromatic rings. The third kappa shape index (κ3) is 4.10. The number of carbonyl (C=O) groups is 1. The molecule has 20 heavy (non-hydrogen) atoms. The second-order valence-electron chi connectivity index (χ2n) is 4.21. The van der Waals surface area contributed by atoms with Gasteiger partial charge in [-0.05, 0) is 43.4 Å². The zero-order valence-corrected chi connectivity index (χ0v) is 11.8. The lowest BCUT2D eigenvalue weighted by Crippen LogP contribution is -2.46. The van der Waals surface area contributed by atoms with Crippen LogP contribution in [0.5, 0.6) is 0 Å². The Balaban J connectivity index is 1.77. The highest BCUT2D eigenvalue weighted by Gasteiger charge is 2.05. The molecule has 0 spiro atoms. The second-order valence-corrected chi connectivity index (χ2v) is 4.62. The number of hydrazine groups is 1. The highest BCUT2D eigenvalue weighted by Crippen LogP contribution is 2.03. The molecule has 104 valence electrons. The van der Waals surface area contributed by atoms with Crippen molar-refractivity contribution >= 4 is 23.2 Å². The van der Waals surface area contributed by atoms with Crippen LogP contribution in [0, 0.1) is 6.92 Å². The Morgan fingerprint density at radius 1 is 1.25 bits per heavy atom. The Labute approximate surface area is 122 Å². The van der Waals surface area contributed by atoms with Crippen LogP contribution < -0.4 is 16.2 Å². The van der Waals surface area contributed by atoms with Crippen molar-refractivity contribution in [1.29, 1.82) is 0 Å². The normalized spacial score (nSPS) is 9.85. The van der Waals surface area contributed by atoms with Gasteiger partial charge in [-0.2, -0.15) is 0 Å². The lowest BCUT2D eigenvalue weighted by atomic mass is 10.1. The van der Waals surface area contributed by atoms with Gasteiger partial charge in [-0.1, -0.05) is 17.7 Å². The fourth-order valence-corrected chi connectivity index (χ4v) is 1.72. The predicted molar refractivity (Wildman–Crippen MR) is 79.9 cm³/mol. The van der Waals surface area contributed by atoms with Crippen molar-refractivity contribution in [2.75, 3.05) is 0 Å². The third-order valence-corrected chi connectivity index (χ3v) is 2.82. The summed E-state index contributed by atoms with van der Waals surface area (Å²) in [5, 5.41) is 3.24. The van der Waals surface area contributed by atoms with E-state index in [2.05, 4.69) is 16.2 Å². The van der Waals surface area contributed by atoms with Gasteiger partial charge in [-0.25, -0.2) is 0 Å². The van der Waals surface area contributed by atoms with E-state index in [-0.39, 0.29) is 5.91 Å². The van der Waals surface area contributed by atoms with E-state index in [1.807, 2.05) is 25.1 Å². The molecule has 1 aromatic carbocycles. The molecule has 0 radical (unpaired) electrons. The maximum atomic E-state index is 11.9. The van der Waals surface area contributed by atoms with E-state index in [9.17, 15) is 4.79 Å². The molecular weight excluding hydrogens is 274 g/mol. The molecule has 6 heteroatoms. The first-order chi connectivity index (χ1) is 9.65. The van der Waals surface area contributed by atoms with E-state index in [4.69, 9.17) is 16.6 Å². The molecule has 0 atom stereocenters. The summed E-state index contributed by atoms with van der Waals surface area (Å²) in [6.45, 7) is 2.39. The summed E-state index contributed by atoms with van der Waals surface area (Å²) >= 11 is 5.04. The van der Waals surface area contributed by atoms with Gasteiger partial charge in [-0.15, -0.1) is 0 Å². The molecule has 0 aliphatic carbocycles. The lowest BCUT2D eigenvalue weighted by molar-refractivity contribution is 0.0943. The van der Waals surface area contributed by atoms with Gasteiger partial charge in [0.2, 0.25) is 0 Å². The van der Waals surface area contributed by atoms with Gasteiger partial charge in [0.1, 0.15) is 5.76 Å². The number of carbonyl (C=O) groups excluding carboxylic acids is 1. The van der Waals surface area contributed by atoms with Gasteiger partial charge in [0.15, 0.2) is 5.11 Å². The molecule has 1 heterocycles. The summed E-state index contributed by atoms with van der Waals surface area (Å²) in [7, 11) is 0. The first-order valence-electron chi connectivity index (χ1n) is 6.08. The van der Waals surface area contributed by atoms with E-state index >= 15 is 0 Å². The fraction of sp³-hybridized carbons (Fsp3) is 0.143. The number of benzene rings is 1. The molecule has 5 nitrogen and oxygen atoms in total. The SMILES string of the molecule is Cc1cccc(C(=O)NNC(=S)NCc2ccco2)c1. The van der Waals surface area contributed by atoms with Gasteiger partial charge in [-0.3, -0.25) is 15.6 Å². The number of furan rings is 1. The Bertz CT molecular complexity index is 596. The molecule has 0 saturated heterocycles. The van der Waals surface area contributed by atoms with Gasteiger partial charge in [0.05, 0.1) is 12.8 Å². The maximum Gasteiger partial charge on any atom is 0.269 e. The zero-order valence-electron chi connectivity index (χ0n) is 11.0. The van der Waals surface area contributed by atoms with Crippen LogP contribution in [0.3, 0.4) is 0 Å². The molecule has 3 N–H and O–H groups in total. The number of aryl methyl sites for hydroxylation is 1. The number of amides is 1. The van der Waals surface area contributed by atoms with Crippen molar-refractivity contribution in [3.63, 3.8) is 0 Å². The summed E-state index contributed by atoms with van der Waals surface area (Å²) in [5.74, 6) is 0.523. The first kappa shape index (κ1) is 14.1. The minimum atomic E-state index is -0.240. The molecule has 2 rings (SSSR count). The molecule has 0 aliphatic rings. The van der Waals surface area contributed by atoms with Crippen molar-refractivity contribution < 1.29 is 9.21 Å². The van der Waals surface area contributed by atoms with Crippen LogP contribution in [0.2, 0.25) is 0 Å². The standard InChI is InChI=1S/C14H15N3O2S/c1-10-4-2-5-11(8-10)13(18)16-17-14(20)15-9-12-6-3-7-19-12/h2-8H,9H2,1H3,(H,16,18)(H2,15,17,20). The van der Waals surface area contributed by atoms with Crippen LogP contribution >= 0.6 is 12.2 Å². The van der Waals surface area contributed by atoms with Gasteiger partial charge in [0, 0.05) is 5.56 Å². The summed E-state index contributed by atoms with van der Waals surface area (Å²) in [6.07, 6.45) is 1.59. The maximum absolute atomic E-state index is 11.9. The molecule has 1 amide bonds. The highest BCUT2D eigenvalue weighted by atomic mass is 32.1. The minimum absolute atomic E-state index is 0.240. The van der Waals surface area contributed by atoms with Gasteiger partial charge < -0.3 is 9.73 Å². The summed E-state index contributed by atoms with van der Waals surface area (Å²) in [4.78, 5) is 11.9. The Morgan fingerprint density at radius 3 is 2.80 bits per heavy atom. The van der Waals surface area contributed by atoms with Crippen LogP contribution in [-0.2, 0) is 6.54 Å². The quantitative estimate of drug-likeness (QED) is 0.595. The van der Waals surface area contributed by atoms with Crippen molar-refractivity contribution in [1.82, 2.24) is 16.2 Å². The minimum Gasteiger partial charge on any atom is -0.467 e. The number of hydrogen-bond acceptors (Lipinski definition) is 3. The lowest BCUT2D eigenvalue weighted by Gasteiger charge is -2.11. The largest absolute Gasteiger partial charge is 0.467 e. The Kier molecular flexibility index (Phi) is 4.73. The number of thiocarbonyl (C=S) groups is 1. The third-order valence-electron chi connectivity index (χ3n) is 2.57. The molecule has 0 saturated carbocycles. The zero-order chi connectivity index (χ0) is 14.4. The van der Waals surface area contributed by atoms with Crippen molar-refractivity contribution in [2.24, 2.45) is 0 Å². The van der Waals surface area contributed by atoms with E-state index in [0.29, 0.717) is 17.2 Å². The second kappa shape index (κ2) is 6.72. The number of rotatable bonds is 3. The first-order valence-corrected chi connectivity index (χ1v) is 6.49. The van der Waals surface area contributed by atoms with Gasteiger partial charge >= 0.3 is 0 Å². The van der Waals surface area contributed by atoms with E-state index < -0.39 is 0 Å². The van der Waals surface area contributed by atoms with E-state index in [1.54, 1.807) is 24.5 Å². The molecule has 0 unspecified atom stereocenters. The summed E-state index contributed by atoms with van der Waals surface area (Å²) in [6, 6.07) is 10.9. The number of nitrogens with one attached hydrogen (secondary N) is 3. The average molecular weight is 289 g/mol. The van der Waals surface area contributed by atoms with Crippen LogP contribution in [0.25, 0.3) is 0 Å². The van der Waals surface area contributed by atoms with Crippen LogP contribution in [0.1, 0.15) is 21.7 Å². The summed E-state index contributed by atoms with van der Waals surface area (Å²) < 4.78 is 5.15. The van der Waals surface area contributed by atoms with Gasteiger partial charge in [0.25, 0.3) is 5.91 Å². The van der Waals surface area contributed by atoms with Crippen molar-refractivity contribution in [3.05, 3.63) is 59.5 Å². The average Bonchev–Trinajstić information content (AvgIpc) is 2.95. The summed E-state index contributed by atoms with van der Waals surface area (Å²) in [5.41, 5.74) is 6.77. The molecule has 1 aromatic heterocycles. The van der Waals surface area contributed by atoms with E-state index in [0.717, 1.165) is 11.3 Å². The molecule has 0 bridgehead atoms.